The van der Waals surface area contributed by atoms with E-state index in [-0.39, 0.29) is 36.8 Å². The largest absolute Gasteiger partial charge is 0.324 e. The maximum Gasteiger partial charge on any atom is 0.241 e. The SMILES string of the molecule is CCc1ccccc1NC(=O)C(C)N1CCNCC1.Cl.Cl. The van der Waals surface area contributed by atoms with Crippen LogP contribution < -0.4 is 10.6 Å². The molecule has 1 unspecified atom stereocenters. The molecule has 1 aromatic carbocycles. The Morgan fingerprint density at radius 1 is 1.29 bits per heavy atom. The number of benzene rings is 1. The number of carbonyl (C=O) groups is 1. The van der Waals surface area contributed by atoms with Gasteiger partial charge in [-0.1, -0.05) is 25.1 Å². The second-order valence-corrected chi connectivity index (χ2v) is 4.96. The maximum atomic E-state index is 12.3. The van der Waals surface area contributed by atoms with Crippen molar-refractivity contribution in [2.45, 2.75) is 26.3 Å². The van der Waals surface area contributed by atoms with Gasteiger partial charge in [0.05, 0.1) is 6.04 Å². The van der Waals surface area contributed by atoms with Crippen molar-refractivity contribution in [2.24, 2.45) is 0 Å². The fourth-order valence-electron chi connectivity index (χ4n) is 2.42. The molecule has 1 heterocycles. The van der Waals surface area contributed by atoms with Crippen LogP contribution in [0.5, 0.6) is 0 Å². The highest BCUT2D eigenvalue weighted by Gasteiger charge is 2.22. The molecule has 2 rings (SSSR count). The van der Waals surface area contributed by atoms with Crippen LogP contribution in [-0.4, -0.2) is 43.0 Å². The fourth-order valence-corrected chi connectivity index (χ4v) is 2.42. The average molecular weight is 334 g/mol. The van der Waals surface area contributed by atoms with Gasteiger partial charge in [-0.2, -0.15) is 0 Å². The number of carbonyl (C=O) groups excluding carboxylic acids is 1. The molecule has 1 aromatic rings. The zero-order valence-electron chi connectivity index (χ0n) is 12.6. The summed E-state index contributed by atoms with van der Waals surface area (Å²) in [5.74, 6) is 0.0859. The van der Waals surface area contributed by atoms with Crippen LogP contribution in [-0.2, 0) is 11.2 Å². The smallest absolute Gasteiger partial charge is 0.241 e. The third-order valence-corrected chi connectivity index (χ3v) is 3.73. The molecule has 1 saturated heterocycles. The van der Waals surface area contributed by atoms with Gasteiger partial charge < -0.3 is 10.6 Å². The van der Waals surface area contributed by atoms with Crippen molar-refractivity contribution < 1.29 is 4.79 Å². The number of para-hydroxylation sites is 1. The molecule has 0 bridgehead atoms. The number of hydrogen-bond donors (Lipinski definition) is 2. The number of hydrogen-bond acceptors (Lipinski definition) is 3. The lowest BCUT2D eigenvalue weighted by molar-refractivity contribution is -0.120. The lowest BCUT2D eigenvalue weighted by Crippen LogP contribution is -2.51. The van der Waals surface area contributed by atoms with E-state index in [1.807, 2.05) is 25.1 Å². The summed E-state index contributed by atoms with van der Waals surface area (Å²) < 4.78 is 0. The van der Waals surface area contributed by atoms with E-state index in [1.165, 1.54) is 5.56 Å². The molecule has 120 valence electrons. The van der Waals surface area contributed by atoms with Gasteiger partial charge in [0.15, 0.2) is 0 Å². The van der Waals surface area contributed by atoms with Gasteiger partial charge in [-0.3, -0.25) is 9.69 Å². The number of rotatable bonds is 4. The minimum absolute atomic E-state index is 0. The number of amides is 1. The monoisotopic (exact) mass is 333 g/mol. The number of piperazine rings is 1. The molecule has 2 N–H and O–H groups in total. The summed E-state index contributed by atoms with van der Waals surface area (Å²) in [5.41, 5.74) is 2.13. The van der Waals surface area contributed by atoms with E-state index in [9.17, 15) is 4.79 Å². The van der Waals surface area contributed by atoms with Crippen molar-refractivity contribution in [1.82, 2.24) is 10.2 Å². The van der Waals surface area contributed by atoms with Gasteiger partial charge in [0.1, 0.15) is 0 Å². The zero-order valence-corrected chi connectivity index (χ0v) is 14.2. The molecule has 0 aliphatic carbocycles. The van der Waals surface area contributed by atoms with Crippen molar-refractivity contribution in [1.29, 1.82) is 0 Å². The molecular weight excluding hydrogens is 309 g/mol. The zero-order chi connectivity index (χ0) is 13.7. The Labute approximate surface area is 139 Å². The van der Waals surface area contributed by atoms with Crippen LogP contribution in [0.1, 0.15) is 19.4 Å². The fraction of sp³-hybridized carbons (Fsp3) is 0.533. The van der Waals surface area contributed by atoms with Crippen LogP contribution in [0.3, 0.4) is 0 Å². The Morgan fingerprint density at radius 3 is 2.52 bits per heavy atom. The van der Waals surface area contributed by atoms with Crippen molar-refractivity contribution in [3.63, 3.8) is 0 Å². The normalized spacial score (nSPS) is 16.3. The van der Waals surface area contributed by atoms with E-state index in [1.54, 1.807) is 0 Å². The van der Waals surface area contributed by atoms with Gasteiger partial charge in [0, 0.05) is 31.9 Å². The highest BCUT2D eigenvalue weighted by molar-refractivity contribution is 5.95. The summed E-state index contributed by atoms with van der Waals surface area (Å²) in [6.45, 7) is 7.88. The number of aryl methyl sites for hydroxylation is 1. The van der Waals surface area contributed by atoms with E-state index < -0.39 is 0 Å². The first-order valence-corrected chi connectivity index (χ1v) is 7.06. The molecule has 1 aliphatic rings. The Hall–Kier alpha value is -0.810. The van der Waals surface area contributed by atoms with E-state index in [0.29, 0.717) is 0 Å². The van der Waals surface area contributed by atoms with Crippen LogP contribution in [0.4, 0.5) is 5.69 Å². The Balaban J connectivity index is 0.00000200. The van der Waals surface area contributed by atoms with Gasteiger partial charge in [0.2, 0.25) is 5.91 Å². The summed E-state index contributed by atoms with van der Waals surface area (Å²) in [4.78, 5) is 14.5. The van der Waals surface area contributed by atoms with Crippen molar-refractivity contribution in [2.75, 3.05) is 31.5 Å². The first kappa shape index (κ1) is 20.2. The van der Waals surface area contributed by atoms with Crippen molar-refractivity contribution >= 4 is 36.4 Å². The molecule has 1 aliphatic heterocycles. The Morgan fingerprint density at radius 2 is 1.90 bits per heavy atom. The molecule has 0 radical (unpaired) electrons. The summed E-state index contributed by atoms with van der Waals surface area (Å²) in [6.07, 6.45) is 0.929. The standard InChI is InChI=1S/C15H23N3O.2ClH/c1-3-13-6-4-5-7-14(13)17-15(19)12(2)18-10-8-16-9-11-18;;/h4-7,12,16H,3,8-11H2,1-2H3,(H,17,19);2*1H. The summed E-state index contributed by atoms with van der Waals surface area (Å²) >= 11 is 0. The van der Waals surface area contributed by atoms with Crippen molar-refractivity contribution in [3.8, 4) is 0 Å². The first-order valence-electron chi connectivity index (χ1n) is 7.06. The van der Waals surface area contributed by atoms with E-state index >= 15 is 0 Å². The number of nitrogens with one attached hydrogen (secondary N) is 2. The summed E-state index contributed by atoms with van der Waals surface area (Å²) in [7, 11) is 0. The molecule has 21 heavy (non-hydrogen) atoms. The molecule has 1 fully saturated rings. The lowest BCUT2D eigenvalue weighted by Gasteiger charge is -2.32. The molecular formula is C15H25Cl2N3O. The second-order valence-electron chi connectivity index (χ2n) is 4.96. The highest BCUT2D eigenvalue weighted by Crippen LogP contribution is 2.16. The van der Waals surface area contributed by atoms with Gasteiger partial charge in [-0.05, 0) is 25.0 Å². The molecule has 1 amide bonds. The predicted octanol–water partition coefficient (Wildman–Crippen LogP) is 2.32. The molecule has 0 aromatic heterocycles. The van der Waals surface area contributed by atoms with E-state index in [0.717, 1.165) is 38.3 Å². The minimum atomic E-state index is -0.0768. The van der Waals surface area contributed by atoms with Crippen molar-refractivity contribution in [3.05, 3.63) is 29.8 Å². The molecule has 6 heteroatoms. The van der Waals surface area contributed by atoms with Crippen LogP contribution in [0, 0.1) is 0 Å². The topological polar surface area (TPSA) is 44.4 Å². The average Bonchev–Trinajstić information content (AvgIpc) is 2.48. The molecule has 4 nitrogen and oxygen atoms in total. The third kappa shape index (κ3) is 5.47. The van der Waals surface area contributed by atoms with E-state index in [2.05, 4.69) is 28.5 Å². The van der Waals surface area contributed by atoms with Crippen LogP contribution in [0.25, 0.3) is 0 Å². The van der Waals surface area contributed by atoms with Crippen LogP contribution in [0.2, 0.25) is 0 Å². The van der Waals surface area contributed by atoms with Crippen LogP contribution >= 0.6 is 24.8 Å². The summed E-state index contributed by atoms with van der Waals surface area (Å²) in [5, 5.41) is 6.36. The second kappa shape index (κ2) is 10.0. The third-order valence-electron chi connectivity index (χ3n) is 3.73. The Bertz CT molecular complexity index is 437. The molecule has 1 atom stereocenters. The lowest BCUT2D eigenvalue weighted by atomic mass is 10.1. The predicted molar refractivity (Wildman–Crippen MR) is 92.9 cm³/mol. The molecule has 0 saturated carbocycles. The van der Waals surface area contributed by atoms with Crippen LogP contribution in [0.15, 0.2) is 24.3 Å². The number of anilines is 1. The quantitative estimate of drug-likeness (QED) is 0.888. The van der Waals surface area contributed by atoms with Gasteiger partial charge in [-0.15, -0.1) is 24.8 Å². The number of halogens is 2. The summed E-state index contributed by atoms with van der Waals surface area (Å²) in [6, 6.07) is 7.93. The number of nitrogens with zero attached hydrogens (tertiary/aromatic N) is 1. The van der Waals surface area contributed by atoms with Gasteiger partial charge in [-0.25, -0.2) is 0 Å². The highest BCUT2D eigenvalue weighted by atomic mass is 35.5. The Kier molecular flexibility index (Phi) is 9.62. The maximum absolute atomic E-state index is 12.3. The first-order chi connectivity index (χ1) is 9.22. The minimum Gasteiger partial charge on any atom is -0.324 e. The molecule has 0 spiro atoms. The van der Waals surface area contributed by atoms with Gasteiger partial charge >= 0.3 is 0 Å². The van der Waals surface area contributed by atoms with Gasteiger partial charge in [0.25, 0.3) is 0 Å². The van der Waals surface area contributed by atoms with E-state index in [4.69, 9.17) is 0 Å².